The van der Waals surface area contributed by atoms with Gasteiger partial charge in [-0.25, -0.2) is 0 Å². The zero-order chi connectivity index (χ0) is 20.4. The summed E-state index contributed by atoms with van der Waals surface area (Å²) in [6.07, 6.45) is -5.69. The van der Waals surface area contributed by atoms with Crippen molar-refractivity contribution in [3.05, 3.63) is 0 Å². The molecule has 0 saturated carbocycles. The highest BCUT2D eigenvalue weighted by Crippen LogP contribution is 2.42. The van der Waals surface area contributed by atoms with E-state index in [0.29, 0.717) is 0 Å². The van der Waals surface area contributed by atoms with E-state index in [2.05, 4.69) is 0 Å². The van der Waals surface area contributed by atoms with Crippen LogP contribution in [-0.4, -0.2) is 97.7 Å². The Hall–Kier alpha value is -0.420. The van der Waals surface area contributed by atoms with Gasteiger partial charge in [0, 0.05) is 26.2 Å². The molecule has 0 aliphatic carbocycles. The number of nitrogens with zero attached hydrogens (tertiary/aromatic N) is 4. The molecular weight excluding hydrogens is 416 g/mol. The van der Waals surface area contributed by atoms with Gasteiger partial charge >= 0.3 is 0 Å². The van der Waals surface area contributed by atoms with Crippen molar-refractivity contribution in [1.29, 1.82) is 0 Å². The highest BCUT2D eigenvalue weighted by molar-refractivity contribution is 7.87. The Morgan fingerprint density at radius 1 is 0.536 bits per heavy atom. The standard InChI is InChI=1S/C14H26N4O8S2/c1-5-15-9-10(16(6-2)27(15,19)20)24-14-13(23-9)25-11-12(26-14)18(8-4)28(21,22)17(11)7-3/h9-14H,5-8H2,1-4H3/t9-,10-,11+,12+,13?,14?. The van der Waals surface area contributed by atoms with Crippen LogP contribution < -0.4 is 0 Å². The highest BCUT2D eigenvalue weighted by Gasteiger charge is 2.63. The van der Waals surface area contributed by atoms with Gasteiger partial charge in [0.2, 0.25) is 12.6 Å². The smallest absolute Gasteiger partial charge is 0.286 e. The fraction of sp³-hybridized carbons (Fsp3) is 1.00. The van der Waals surface area contributed by atoms with Crippen LogP contribution >= 0.6 is 0 Å². The van der Waals surface area contributed by atoms with Gasteiger partial charge < -0.3 is 18.9 Å². The van der Waals surface area contributed by atoms with E-state index in [9.17, 15) is 16.8 Å². The highest BCUT2D eigenvalue weighted by atomic mass is 32.2. The van der Waals surface area contributed by atoms with Crippen LogP contribution in [0, 0.1) is 0 Å². The van der Waals surface area contributed by atoms with Crippen molar-refractivity contribution >= 4 is 20.4 Å². The van der Waals surface area contributed by atoms with E-state index < -0.39 is 57.9 Å². The fourth-order valence-electron chi connectivity index (χ4n) is 4.15. The van der Waals surface area contributed by atoms with Crippen molar-refractivity contribution in [3.8, 4) is 0 Å². The second kappa shape index (κ2) is 7.08. The maximum absolute atomic E-state index is 12.7. The summed E-state index contributed by atoms with van der Waals surface area (Å²) in [7, 11) is -7.47. The lowest BCUT2D eigenvalue weighted by Crippen LogP contribution is -2.62. The molecule has 162 valence electrons. The number of ether oxygens (including phenoxy) is 4. The molecule has 4 aliphatic heterocycles. The van der Waals surface area contributed by atoms with E-state index in [1.165, 1.54) is 17.2 Å². The van der Waals surface area contributed by atoms with Gasteiger partial charge in [0.1, 0.15) is 0 Å². The normalized spacial score (nSPS) is 43.6. The van der Waals surface area contributed by atoms with Crippen molar-refractivity contribution in [2.45, 2.75) is 65.2 Å². The molecular formula is C14H26N4O8S2. The number of likely N-dealkylation sites (N-methyl/N-ethyl adjacent to an activating group) is 4. The fourth-order valence-corrected chi connectivity index (χ4v) is 7.66. The van der Waals surface area contributed by atoms with E-state index in [1.807, 2.05) is 0 Å². The molecule has 12 nitrogen and oxygen atoms in total. The summed E-state index contributed by atoms with van der Waals surface area (Å²) in [6, 6.07) is 0. The average Bonchev–Trinajstić information content (AvgIpc) is 2.97. The molecule has 0 bridgehead atoms. The average molecular weight is 443 g/mol. The van der Waals surface area contributed by atoms with Crippen LogP contribution in [0.4, 0.5) is 0 Å². The van der Waals surface area contributed by atoms with Gasteiger partial charge in [0.15, 0.2) is 24.9 Å². The SMILES string of the molecule is CCN1[C@@H]2OC3O[C@H]4[C@H](OC3O[C@H]2N(CC)S1(=O)=O)N(CC)S(=O)(=O)N4CC. The monoisotopic (exact) mass is 442 g/mol. The molecule has 0 aromatic carbocycles. The minimum absolute atomic E-state index is 0.201. The largest absolute Gasteiger partial charge is 0.324 e. The Bertz CT molecular complexity index is 703. The second-order valence-electron chi connectivity index (χ2n) is 6.67. The maximum Gasteiger partial charge on any atom is 0.286 e. The summed E-state index contributed by atoms with van der Waals surface area (Å²) in [5.74, 6) is 0. The van der Waals surface area contributed by atoms with Gasteiger partial charge in [-0.05, 0) is 0 Å². The molecule has 4 rings (SSSR count). The zero-order valence-corrected chi connectivity index (χ0v) is 17.8. The minimum Gasteiger partial charge on any atom is -0.324 e. The molecule has 0 aromatic rings. The van der Waals surface area contributed by atoms with E-state index in [0.717, 1.165) is 0 Å². The van der Waals surface area contributed by atoms with E-state index >= 15 is 0 Å². The van der Waals surface area contributed by atoms with Gasteiger partial charge in [-0.2, -0.15) is 34.1 Å². The Kier molecular flexibility index (Phi) is 5.27. The first-order chi connectivity index (χ1) is 13.2. The quantitative estimate of drug-likeness (QED) is 0.535. The van der Waals surface area contributed by atoms with Crippen molar-refractivity contribution in [2.75, 3.05) is 26.2 Å². The summed E-state index contributed by atoms with van der Waals surface area (Å²) in [5, 5.41) is 0. The summed E-state index contributed by atoms with van der Waals surface area (Å²) in [6.45, 7) is 7.63. The summed E-state index contributed by atoms with van der Waals surface area (Å²) >= 11 is 0. The third-order valence-electron chi connectivity index (χ3n) is 5.37. The van der Waals surface area contributed by atoms with Crippen LogP contribution in [-0.2, 0) is 39.4 Å². The molecule has 2 unspecified atom stereocenters. The van der Waals surface area contributed by atoms with Crippen LogP contribution in [0.25, 0.3) is 0 Å². The molecule has 0 spiro atoms. The van der Waals surface area contributed by atoms with Gasteiger partial charge in [-0.3, -0.25) is 0 Å². The molecule has 0 radical (unpaired) electrons. The lowest BCUT2D eigenvalue weighted by atomic mass is 10.3. The van der Waals surface area contributed by atoms with Crippen LogP contribution in [0.1, 0.15) is 27.7 Å². The first-order valence-corrected chi connectivity index (χ1v) is 12.2. The van der Waals surface area contributed by atoms with Crippen molar-refractivity contribution in [2.24, 2.45) is 0 Å². The van der Waals surface area contributed by atoms with E-state index in [-0.39, 0.29) is 26.2 Å². The molecule has 6 atom stereocenters. The lowest BCUT2D eigenvalue weighted by molar-refractivity contribution is -0.439. The van der Waals surface area contributed by atoms with Gasteiger partial charge in [-0.1, -0.05) is 27.7 Å². The number of fused-ring (bicyclic) bond motifs is 3. The van der Waals surface area contributed by atoms with Crippen LogP contribution in [0.15, 0.2) is 0 Å². The van der Waals surface area contributed by atoms with Gasteiger partial charge in [-0.15, -0.1) is 0 Å². The molecule has 4 aliphatic rings. The Morgan fingerprint density at radius 2 is 0.750 bits per heavy atom. The third kappa shape index (κ3) is 2.71. The molecule has 0 N–H and O–H groups in total. The molecule has 0 aromatic heterocycles. The Labute approximate surface area is 165 Å². The summed E-state index contributed by atoms with van der Waals surface area (Å²) in [5.41, 5.74) is 0. The lowest BCUT2D eigenvalue weighted by Gasteiger charge is -2.45. The first kappa shape index (κ1) is 20.8. The topological polar surface area (TPSA) is 118 Å². The molecule has 28 heavy (non-hydrogen) atoms. The molecule has 14 heteroatoms. The predicted molar refractivity (Wildman–Crippen MR) is 94.4 cm³/mol. The number of hydrogen-bond acceptors (Lipinski definition) is 8. The van der Waals surface area contributed by atoms with Crippen molar-refractivity contribution < 1.29 is 35.8 Å². The van der Waals surface area contributed by atoms with Crippen LogP contribution in [0.5, 0.6) is 0 Å². The summed E-state index contributed by atoms with van der Waals surface area (Å²) < 4.78 is 79.4. The minimum atomic E-state index is -3.73. The molecule has 0 amide bonds. The molecule has 4 saturated heterocycles. The Morgan fingerprint density at radius 3 is 0.929 bits per heavy atom. The zero-order valence-electron chi connectivity index (χ0n) is 16.2. The van der Waals surface area contributed by atoms with Gasteiger partial charge in [0.25, 0.3) is 20.4 Å². The molecule has 4 fully saturated rings. The second-order valence-corrected chi connectivity index (χ2v) is 10.3. The summed E-state index contributed by atoms with van der Waals surface area (Å²) in [4.78, 5) is 0. The predicted octanol–water partition coefficient (Wildman–Crippen LogP) is -1.16. The van der Waals surface area contributed by atoms with Crippen LogP contribution in [0.2, 0.25) is 0 Å². The third-order valence-corrected chi connectivity index (χ3v) is 9.61. The Balaban J connectivity index is 1.64. The van der Waals surface area contributed by atoms with Gasteiger partial charge in [0.05, 0.1) is 0 Å². The number of hydrogen-bond donors (Lipinski definition) is 0. The molecule has 4 heterocycles. The van der Waals surface area contributed by atoms with Crippen LogP contribution in [0.3, 0.4) is 0 Å². The first-order valence-electron chi connectivity index (χ1n) is 9.41. The van der Waals surface area contributed by atoms with E-state index in [4.69, 9.17) is 18.9 Å². The number of rotatable bonds is 4. The van der Waals surface area contributed by atoms with E-state index in [1.54, 1.807) is 27.7 Å². The van der Waals surface area contributed by atoms with Crippen molar-refractivity contribution in [3.63, 3.8) is 0 Å². The maximum atomic E-state index is 12.7. The van der Waals surface area contributed by atoms with Crippen molar-refractivity contribution in [1.82, 2.24) is 17.2 Å².